The lowest BCUT2D eigenvalue weighted by molar-refractivity contribution is 0.508. The Hall–Kier alpha value is -0.130. The highest BCUT2D eigenvalue weighted by Crippen LogP contribution is 2.17. The maximum atomic E-state index is 11.9. The van der Waals surface area contributed by atoms with Crippen LogP contribution in [0, 0.1) is 0 Å². The highest BCUT2D eigenvalue weighted by molar-refractivity contribution is 7.89. The summed E-state index contributed by atoms with van der Waals surface area (Å²) in [6.07, 6.45) is 8.62. The molecule has 18 heavy (non-hydrogen) atoms. The van der Waals surface area contributed by atoms with E-state index in [1.54, 1.807) is 0 Å². The van der Waals surface area contributed by atoms with E-state index in [9.17, 15) is 8.42 Å². The van der Waals surface area contributed by atoms with Crippen LogP contribution >= 0.6 is 0 Å². The van der Waals surface area contributed by atoms with Gasteiger partial charge in [-0.2, -0.15) is 0 Å². The molecule has 0 aliphatic heterocycles. The van der Waals surface area contributed by atoms with Crippen molar-refractivity contribution in [1.82, 2.24) is 10.0 Å². The van der Waals surface area contributed by atoms with Crippen LogP contribution in [-0.2, 0) is 10.0 Å². The zero-order valence-corrected chi connectivity index (χ0v) is 12.4. The maximum Gasteiger partial charge on any atom is 0.211 e. The molecule has 0 unspecified atom stereocenters. The van der Waals surface area contributed by atoms with E-state index in [0.717, 1.165) is 45.2 Å². The minimum absolute atomic E-state index is 0.182. The van der Waals surface area contributed by atoms with Crippen LogP contribution in [0.1, 0.15) is 58.3 Å². The molecule has 1 aliphatic carbocycles. The summed E-state index contributed by atoms with van der Waals surface area (Å²) in [6, 6.07) is 0.182. The van der Waals surface area contributed by atoms with Crippen LogP contribution in [-0.4, -0.2) is 33.3 Å². The molecule has 1 rings (SSSR count). The van der Waals surface area contributed by atoms with E-state index in [-0.39, 0.29) is 11.8 Å². The zero-order valence-electron chi connectivity index (χ0n) is 11.6. The predicted molar refractivity (Wildman–Crippen MR) is 76.2 cm³/mol. The van der Waals surface area contributed by atoms with Gasteiger partial charge in [0.05, 0.1) is 5.75 Å². The Labute approximate surface area is 112 Å². The van der Waals surface area contributed by atoms with Crippen LogP contribution in [0.25, 0.3) is 0 Å². The number of rotatable bonds is 8. The van der Waals surface area contributed by atoms with E-state index in [0.29, 0.717) is 6.42 Å². The SMILES string of the molecule is CCCNCCCS(=O)(=O)NC1CCCCCC1. The number of hydrogen-bond donors (Lipinski definition) is 2. The van der Waals surface area contributed by atoms with Crippen molar-refractivity contribution >= 4 is 10.0 Å². The summed E-state index contributed by atoms with van der Waals surface area (Å²) in [5.74, 6) is 0.250. The fourth-order valence-electron chi connectivity index (χ4n) is 2.40. The van der Waals surface area contributed by atoms with Gasteiger partial charge in [0.1, 0.15) is 0 Å². The Kier molecular flexibility index (Phi) is 7.86. The van der Waals surface area contributed by atoms with Crippen molar-refractivity contribution in [3.63, 3.8) is 0 Å². The highest BCUT2D eigenvalue weighted by Gasteiger charge is 2.18. The van der Waals surface area contributed by atoms with Crippen LogP contribution in [0.2, 0.25) is 0 Å². The van der Waals surface area contributed by atoms with E-state index in [4.69, 9.17) is 0 Å². The molecule has 0 spiro atoms. The molecule has 0 atom stereocenters. The van der Waals surface area contributed by atoms with Crippen LogP contribution < -0.4 is 10.0 Å². The minimum atomic E-state index is -3.07. The molecule has 1 fully saturated rings. The Morgan fingerprint density at radius 2 is 1.72 bits per heavy atom. The summed E-state index contributed by atoms with van der Waals surface area (Å²) in [6.45, 7) is 3.87. The molecule has 0 heterocycles. The summed E-state index contributed by atoms with van der Waals surface area (Å²) >= 11 is 0. The quantitative estimate of drug-likeness (QED) is 0.527. The van der Waals surface area contributed by atoms with Gasteiger partial charge in [-0.25, -0.2) is 13.1 Å². The van der Waals surface area contributed by atoms with E-state index in [1.807, 2.05) is 0 Å². The summed E-state index contributed by atoms with van der Waals surface area (Å²) < 4.78 is 26.7. The van der Waals surface area contributed by atoms with Crippen LogP contribution in [0.3, 0.4) is 0 Å². The maximum absolute atomic E-state index is 11.9. The van der Waals surface area contributed by atoms with Gasteiger partial charge in [0.25, 0.3) is 0 Å². The van der Waals surface area contributed by atoms with Crippen molar-refractivity contribution in [2.24, 2.45) is 0 Å². The van der Waals surface area contributed by atoms with Crippen molar-refractivity contribution in [3.8, 4) is 0 Å². The monoisotopic (exact) mass is 276 g/mol. The van der Waals surface area contributed by atoms with Crippen molar-refractivity contribution in [3.05, 3.63) is 0 Å². The first-order valence-corrected chi connectivity index (χ1v) is 9.00. The van der Waals surface area contributed by atoms with Gasteiger partial charge in [0.15, 0.2) is 0 Å². The fraction of sp³-hybridized carbons (Fsp3) is 1.00. The van der Waals surface area contributed by atoms with E-state index in [1.165, 1.54) is 12.8 Å². The molecule has 1 saturated carbocycles. The lowest BCUT2D eigenvalue weighted by Crippen LogP contribution is -2.36. The molecule has 2 N–H and O–H groups in total. The van der Waals surface area contributed by atoms with Crippen LogP contribution in [0.5, 0.6) is 0 Å². The fourth-order valence-corrected chi connectivity index (χ4v) is 3.78. The average molecular weight is 276 g/mol. The molecule has 0 aromatic rings. The second kappa shape index (κ2) is 8.88. The largest absolute Gasteiger partial charge is 0.317 e. The van der Waals surface area contributed by atoms with E-state index < -0.39 is 10.0 Å². The predicted octanol–water partition coefficient (Wildman–Crippen LogP) is 2.02. The smallest absolute Gasteiger partial charge is 0.211 e. The molecule has 0 bridgehead atoms. The van der Waals surface area contributed by atoms with Crippen molar-refractivity contribution in [2.45, 2.75) is 64.3 Å². The normalized spacial score (nSPS) is 18.7. The zero-order chi connectivity index (χ0) is 13.3. The van der Waals surface area contributed by atoms with Gasteiger partial charge in [-0.3, -0.25) is 0 Å². The molecule has 0 aromatic carbocycles. The van der Waals surface area contributed by atoms with Crippen molar-refractivity contribution < 1.29 is 8.42 Å². The summed E-state index contributed by atoms with van der Waals surface area (Å²) in [5.41, 5.74) is 0. The van der Waals surface area contributed by atoms with Gasteiger partial charge < -0.3 is 5.32 Å². The molecule has 0 aromatic heterocycles. The summed E-state index contributed by atoms with van der Waals surface area (Å²) in [5, 5.41) is 3.23. The topological polar surface area (TPSA) is 58.2 Å². The number of hydrogen-bond acceptors (Lipinski definition) is 3. The molecule has 108 valence electrons. The molecule has 0 radical (unpaired) electrons. The molecule has 4 nitrogen and oxygen atoms in total. The van der Waals surface area contributed by atoms with Crippen LogP contribution in [0.15, 0.2) is 0 Å². The third-order valence-corrected chi connectivity index (χ3v) is 4.91. The molecule has 0 amide bonds. The molecular weight excluding hydrogens is 248 g/mol. The van der Waals surface area contributed by atoms with Gasteiger partial charge in [0.2, 0.25) is 10.0 Å². The average Bonchev–Trinajstić information content (AvgIpc) is 2.56. The Morgan fingerprint density at radius 3 is 2.33 bits per heavy atom. The molecule has 5 heteroatoms. The second-order valence-corrected chi connectivity index (χ2v) is 7.10. The van der Waals surface area contributed by atoms with Gasteiger partial charge in [-0.1, -0.05) is 32.6 Å². The third-order valence-electron chi connectivity index (χ3n) is 3.39. The third kappa shape index (κ3) is 7.34. The molecule has 0 saturated heterocycles. The standard InChI is InChI=1S/C13H28N2O2S/c1-2-10-14-11-7-12-18(16,17)15-13-8-5-3-4-6-9-13/h13-15H,2-12H2,1H3. The van der Waals surface area contributed by atoms with Crippen molar-refractivity contribution in [1.29, 1.82) is 0 Å². The van der Waals surface area contributed by atoms with Crippen LogP contribution in [0.4, 0.5) is 0 Å². The Bertz CT molecular complexity index is 296. The van der Waals surface area contributed by atoms with Gasteiger partial charge in [-0.15, -0.1) is 0 Å². The number of sulfonamides is 1. The van der Waals surface area contributed by atoms with E-state index in [2.05, 4.69) is 17.0 Å². The highest BCUT2D eigenvalue weighted by atomic mass is 32.2. The first-order valence-electron chi connectivity index (χ1n) is 7.35. The summed E-state index contributed by atoms with van der Waals surface area (Å²) in [4.78, 5) is 0. The minimum Gasteiger partial charge on any atom is -0.317 e. The summed E-state index contributed by atoms with van der Waals surface area (Å²) in [7, 11) is -3.07. The first-order chi connectivity index (χ1) is 8.64. The van der Waals surface area contributed by atoms with E-state index >= 15 is 0 Å². The molecular formula is C13H28N2O2S. The molecule has 1 aliphatic rings. The van der Waals surface area contributed by atoms with Gasteiger partial charge >= 0.3 is 0 Å². The second-order valence-electron chi connectivity index (χ2n) is 5.23. The Morgan fingerprint density at radius 1 is 1.06 bits per heavy atom. The first kappa shape index (κ1) is 15.9. The van der Waals surface area contributed by atoms with Gasteiger partial charge in [0, 0.05) is 6.04 Å². The van der Waals surface area contributed by atoms with Gasteiger partial charge in [-0.05, 0) is 38.8 Å². The Balaban J connectivity index is 2.21. The lowest BCUT2D eigenvalue weighted by Gasteiger charge is -2.16. The van der Waals surface area contributed by atoms with Crippen molar-refractivity contribution in [2.75, 3.05) is 18.8 Å². The lowest BCUT2D eigenvalue weighted by atomic mass is 10.1. The number of nitrogens with one attached hydrogen (secondary N) is 2.